The second-order valence-corrected chi connectivity index (χ2v) is 6.20. The lowest BCUT2D eigenvalue weighted by Gasteiger charge is -2.15. The van der Waals surface area contributed by atoms with Gasteiger partial charge in [-0.05, 0) is 48.2 Å². The third-order valence-corrected chi connectivity index (χ3v) is 4.47. The van der Waals surface area contributed by atoms with Gasteiger partial charge in [-0.2, -0.15) is 0 Å². The summed E-state index contributed by atoms with van der Waals surface area (Å²) in [5.74, 6) is 0. The molecule has 106 valence electrons. The third-order valence-electron chi connectivity index (χ3n) is 3.06. The highest BCUT2D eigenvalue weighted by Gasteiger charge is 2.14. The van der Waals surface area contributed by atoms with Crippen LogP contribution in [0.15, 0.2) is 36.4 Å². The molecule has 0 amide bonds. The Bertz CT molecular complexity index is 519. The molecule has 0 aliphatic heterocycles. The van der Waals surface area contributed by atoms with Gasteiger partial charge in [-0.15, -0.1) is 0 Å². The summed E-state index contributed by atoms with van der Waals surface area (Å²) in [6, 6.07) is 10.7. The van der Waals surface area contributed by atoms with Crippen molar-refractivity contribution in [3.63, 3.8) is 0 Å². The smallest absolute Gasteiger partial charge is 0.0453 e. The molecule has 5 heteroatoms. The highest BCUT2D eigenvalue weighted by molar-refractivity contribution is 6.36. The van der Waals surface area contributed by atoms with Crippen molar-refractivity contribution in [2.45, 2.75) is 18.9 Å². The molecule has 0 atom stereocenters. The fourth-order valence-electron chi connectivity index (χ4n) is 2.05. The van der Waals surface area contributed by atoms with E-state index in [-0.39, 0.29) is 6.04 Å². The van der Waals surface area contributed by atoms with E-state index in [9.17, 15) is 0 Å². The van der Waals surface area contributed by atoms with Crippen molar-refractivity contribution in [2.24, 2.45) is 5.73 Å². The highest BCUT2D eigenvalue weighted by Crippen LogP contribution is 2.28. The zero-order chi connectivity index (χ0) is 14.7. The van der Waals surface area contributed by atoms with Crippen molar-refractivity contribution >= 4 is 46.4 Å². The summed E-state index contributed by atoms with van der Waals surface area (Å²) in [6.07, 6.45) is 1.14. The quantitative estimate of drug-likeness (QED) is 0.785. The van der Waals surface area contributed by atoms with E-state index in [0.717, 1.165) is 11.1 Å². The summed E-state index contributed by atoms with van der Waals surface area (Å²) in [5, 5.41) is 2.49. The van der Waals surface area contributed by atoms with Gasteiger partial charge in [0.15, 0.2) is 0 Å². The Kier molecular flexibility index (Phi) is 5.59. The average Bonchev–Trinajstić information content (AvgIpc) is 2.39. The lowest BCUT2D eigenvalue weighted by atomic mass is 9.99. The minimum absolute atomic E-state index is 0.162. The summed E-state index contributed by atoms with van der Waals surface area (Å²) in [5.41, 5.74) is 7.89. The maximum absolute atomic E-state index is 6.18. The van der Waals surface area contributed by atoms with Crippen LogP contribution in [0.25, 0.3) is 0 Å². The van der Waals surface area contributed by atoms with Crippen LogP contribution >= 0.6 is 46.4 Å². The van der Waals surface area contributed by atoms with Gasteiger partial charge in [0.25, 0.3) is 0 Å². The molecule has 0 unspecified atom stereocenters. The summed E-state index contributed by atoms with van der Waals surface area (Å²) < 4.78 is 0. The molecule has 0 fully saturated rings. The standard InChI is InChI=1S/C15H13Cl4N/c16-12-3-1-4-13(17)10(12)7-9(20)8-11-14(18)5-2-6-15(11)19/h1-6,9H,7-8,20H2. The Morgan fingerprint density at radius 3 is 1.30 bits per heavy atom. The van der Waals surface area contributed by atoms with Crippen LogP contribution in [0.4, 0.5) is 0 Å². The number of hydrogen-bond donors (Lipinski definition) is 1. The Hall–Kier alpha value is -0.440. The maximum Gasteiger partial charge on any atom is 0.0453 e. The van der Waals surface area contributed by atoms with Crippen LogP contribution in [0.2, 0.25) is 20.1 Å². The van der Waals surface area contributed by atoms with E-state index in [1.807, 2.05) is 12.1 Å². The largest absolute Gasteiger partial charge is 0.327 e. The second-order valence-electron chi connectivity index (χ2n) is 4.57. The van der Waals surface area contributed by atoms with Crippen LogP contribution in [0, 0.1) is 0 Å². The minimum atomic E-state index is -0.162. The van der Waals surface area contributed by atoms with E-state index in [1.165, 1.54) is 0 Å². The Labute approximate surface area is 138 Å². The summed E-state index contributed by atoms with van der Waals surface area (Å²) >= 11 is 24.6. The molecule has 2 rings (SSSR count). The summed E-state index contributed by atoms with van der Waals surface area (Å²) in [7, 11) is 0. The van der Waals surface area contributed by atoms with Gasteiger partial charge in [-0.25, -0.2) is 0 Å². The molecule has 2 aromatic carbocycles. The first-order chi connectivity index (χ1) is 9.49. The molecule has 0 radical (unpaired) electrons. The van der Waals surface area contributed by atoms with Crippen molar-refractivity contribution < 1.29 is 0 Å². The Morgan fingerprint density at radius 1 is 0.700 bits per heavy atom. The normalized spacial score (nSPS) is 11.1. The molecule has 2 aromatic rings. The maximum atomic E-state index is 6.18. The van der Waals surface area contributed by atoms with Crippen molar-refractivity contribution in [1.82, 2.24) is 0 Å². The van der Waals surface area contributed by atoms with Gasteiger partial charge >= 0.3 is 0 Å². The Balaban J connectivity index is 2.15. The van der Waals surface area contributed by atoms with Crippen molar-refractivity contribution in [1.29, 1.82) is 0 Å². The highest BCUT2D eigenvalue weighted by atomic mass is 35.5. The van der Waals surface area contributed by atoms with E-state index >= 15 is 0 Å². The first kappa shape index (κ1) is 15.9. The molecule has 1 nitrogen and oxygen atoms in total. The predicted octanol–water partition coefficient (Wildman–Crippen LogP) is 5.41. The monoisotopic (exact) mass is 347 g/mol. The number of halogens is 4. The van der Waals surface area contributed by atoms with Gasteiger partial charge in [0, 0.05) is 26.1 Å². The SMILES string of the molecule is NC(Cc1c(Cl)cccc1Cl)Cc1c(Cl)cccc1Cl. The van der Waals surface area contributed by atoms with Gasteiger partial charge in [-0.1, -0.05) is 58.5 Å². The first-order valence-electron chi connectivity index (χ1n) is 6.10. The molecule has 0 spiro atoms. The van der Waals surface area contributed by atoms with E-state index in [1.54, 1.807) is 24.3 Å². The average molecular weight is 349 g/mol. The molecule has 0 bridgehead atoms. The molecule has 2 N–H and O–H groups in total. The molecule has 0 heterocycles. The van der Waals surface area contributed by atoms with E-state index in [4.69, 9.17) is 52.1 Å². The fraction of sp³-hybridized carbons (Fsp3) is 0.200. The van der Waals surface area contributed by atoms with Crippen molar-refractivity contribution in [3.8, 4) is 0 Å². The fourth-order valence-corrected chi connectivity index (χ4v) is 3.15. The van der Waals surface area contributed by atoms with E-state index in [2.05, 4.69) is 0 Å². The van der Waals surface area contributed by atoms with Gasteiger partial charge in [0.2, 0.25) is 0 Å². The topological polar surface area (TPSA) is 26.0 Å². The number of hydrogen-bond acceptors (Lipinski definition) is 1. The van der Waals surface area contributed by atoms with Crippen LogP contribution in [0.5, 0.6) is 0 Å². The van der Waals surface area contributed by atoms with E-state index in [0.29, 0.717) is 32.9 Å². The van der Waals surface area contributed by atoms with Gasteiger partial charge in [0.05, 0.1) is 0 Å². The van der Waals surface area contributed by atoms with Crippen LogP contribution < -0.4 is 5.73 Å². The van der Waals surface area contributed by atoms with Crippen molar-refractivity contribution in [3.05, 3.63) is 67.6 Å². The van der Waals surface area contributed by atoms with Crippen molar-refractivity contribution in [2.75, 3.05) is 0 Å². The first-order valence-corrected chi connectivity index (χ1v) is 7.61. The van der Waals surface area contributed by atoms with E-state index < -0.39 is 0 Å². The summed E-state index contributed by atoms with van der Waals surface area (Å²) in [6.45, 7) is 0. The zero-order valence-electron chi connectivity index (χ0n) is 10.5. The molecular weight excluding hydrogens is 336 g/mol. The Morgan fingerprint density at radius 2 is 1.00 bits per heavy atom. The molecule has 0 aromatic heterocycles. The van der Waals surface area contributed by atoms with Crippen LogP contribution in [-0.2, 0) is 12.8 Å². The van der Waals surface area contributed by atoms with Gasteiger partial charge in [-0.3, -0.25) is 0 Å². The third kappa shape index (κ3) is 3.81. The van der Waals surface area contributed by atoms with Crippen LogP contribution in [0.3, 0.4) is 0 Å². The lowest BCUT2D eigenvalue weighted by Crippen LogP contribution is -2.26. The molecule has 20 heavy (non-hydrogen) atoms. The zero-order valence-corrected chi connectivity index (χ0v) is 13.6. The molecule has 0 saturated heterocycles. The second kappa shape index (κ2) is 7.02. The minimum Gasteiger partial charge on any atom is -0.327 e. The summed E-state index contributed by atoms with van der Waals surface area (Å²) in [4.78, 5) is 0. The van der Waals surface area contributed by atoms with Crippen LogP contribution in [0.1, 0.15) is 11.1 Å². The predicted molar refractivity (Wildman–Crippen MR) is 88.3 cm³/mol. The molecule has 0 aliphatic rings. The number of nitrogens with two attached hydrogens (primary N) is 1. The number of benzene rings is 2. The van der Waals surface area contributed by atoms with Gasteiger partial charge < -0.3 is 5.73 Å². The lowest BCUT2D eigenvalue weighted by molar-refractivity contribution is 0.665. The molecular formula is C15H13Cl4N. The molecule has 0 saturated carbocycles. The molecule has 0 aliphatic carbocycles. The van der Waals surface area contributed by atoms with Gasteiger partial charge in [0.1, 0.15) is 0 Å². The van der Waals surface area contributed by atoms with Crippen LogP contribution in [-0.4, -0.2) is 6.04 Å². The number of rotatable bonds is 4.